The molecule has 0 bridgehead atoms. The van der Waals surface area contributed by atoms with E-state index >= 15 is 0 Å². The number of methoxy groups -OCH3 is 1. The first-order valence-corrected chi connectivity index (χ1v) is 46.9. The summed E-state index contributed by atoms with van der Waals surface area (Å²) < 4.78 is 117. The SMILES string of the molecule is CNc1ccc2c(=O)n(-c3ccc(NC(=O)NS(=O)(=O)c4ccc(Cl)s4)cc3)ccc2c1.COc1ccc2c(=O)n(-c3ccc(NC(=O)NS(=O)(=O)c4ccc(Cl)s4)cc3)ccc2c1.O=C(Nc1ccc(-n2ccc3cc(Cl)ccc3c2=O)cc1)NS(=O)(=O)c1ccc(Cl)s1.O=C(Nc1ccc(-n2ccc3ccccc3c2=O)cc1)NS(=O)(=O)c1ccc(Cl)s1. The number of nitrogens with one attached hydrogen (secondary N) is 9. The average molecular weight is 1930 g/mol. The van der Waals surface area contributed by atoms with Crippen molar-refractivity contribution < 1.29 is 57.6 Å². The Morgan fingerprint density at radius 1 is 0.304 bits per heavy atom. The summed E-state index contributed by atoms with van der Waals surface area (Å²) >= 11 is 32.3. The number of benzene rings is 8. The summed E-state index contributed by atoms with van der Waals surface area (Å²) in [6, 6.07) is 63.3. The molecule has 30 nitrogen and oxygen atoms in total. The standard InChI is InChI=1S/C21H17ClN4O4S2.C21H16ClN3O5S2.C20H13Cl2N3O4S2.C20H14ClN3O4S2/c1-23-15-4-7-17-13(12-15)10-11-26(20(17)27)16-5-2-14(3-6-16)24-21(28)25-32(29,30)19-9-8-18(22)31-19;1-30-16-6-7-17-13(12-16)10-11-25(20(17)26)15-4-2-14(3-5-15)23-21(27)24-32(28,29)19-9-8-18(22)31-19;21-13-1-6-16-12(11-13)9-10-25(19(16)26)15-4-2-14(3-5-15)23-20(27)24-31(28,29)18-8-7-17(22)30-18;21-17-9-10-18(29-17)30(27,28)23-20(26)22-14-5-7-15(8-6-14)24-12-11-13-3-1-2-4-16(13)19(24)25/h2-12,23H,1H3,(H2,24,25,28);2-12H,1H3,(H2,23,24,27);1-11H,(H2,23,24,27);1-12H,(H2,22,23,26). The van der Waals surface area contributed by atoms with Crippen molar-refractivity contribution in [1.29, 1.82) is 0 Å². The van der Waals surface area contributed by atoms with Crippen LogP contribution in [0.2, 0.25) is 22.4 Å². The smallest absolute Gasteiger partial charge is 0.333 e. The van der Waals surface area contributed by atoms with Crippen LogP contribution in [0.5, 0.6) is 5.75 Å². The van der Waals surface area contributed by atoms with Crippen molar-refractivity contribution in [2.75, 3.05) is 40.7 Å². The lowest BCUT2D eigenvalue weighted by Gasteiger charge is -2.10. The first-order valence-electron chi connectivity index (χ1n) is 35.8. The van der Waals surface area contributed by atoms with Gasteiger partial charge in [0.15, 0.2) is 0 Å². The molecule has 0 spiro atoms. The van der Waals surface area contributed by atoms with Crippen LogP contribution in [-0.2, 0) is 40.1 Å². The van der Waals surface area contributed by atoms with Crippen LogP contribution >= 0.6 is 103 Å². The second kappa shape index (κ2) is 38.6. The lowest BCUT2D eigenvalue weighted by molar-refractivity contribution is 0.255. The monoisotopic (exact) mass is 1930 g/mol. The van der Waals surface area contributed by atoms with E-state index in [4.69, 9.17) is 62.7 Å². The second-order valence-electron chi connectivity index (χ2n) is 25.9. The Morgan fingerprint density at radius 3 is 0.880 bits per heavy atom. The number of thiophene rings is 4. The number of anilines is 5. The fourth-order valence-electron chi connectivity index (χ4n) is 11.9. The molecule has 125 heavy (non-hydrogen) atoms. The largest absolute Gasteiger partial charge is 0.497 e. The van der Waals surface area contributed by atoms with Crippen molar-refractivity contribution in [2.45, 2.75) is 16.8 Å². The summed E-state index contributed by atoms with van der Waals surface area (Å²) in [5.41, 5.74) is 3.95. The van der Waals surface area contributed by atoms with Crippen LogP contribution in [0.3, 0.4) is 0 Å². The number of sulfonamides is 4. The summed E-state index contributed by atoms with van der Waals surface area (Å²) in [5.74, 6) is 0.660. The quantitative estimate of drug-likeness (QED) is 0.0385. The lowest BCUT2D eigenvalue weighted by atomic mass is 10.1. The summed E-state index contributed by atoms with van der Waals surface area (Å²) in [5, 5.41) is 18.8. The topological polar surface area (TPSA) is 410 Å². The molecule has 8 aromatic heterocycles. The zero-order valence-corrected chi connectivity index (χ0v) is 74.2. The average Bonchev–Trinajstić information content (AvgIpc) is 1.68. The number of pyridine rings is 4. The Labute approximate surface area is 750 Å². The number of carbonyl (C=O) groups excluding carboxylic acids is 4. The molecule has 0 aliphatic carbocycles. The van der Waals surface area contributed by atoms with E-state index in [2.05, 4.69) is 26.6 Å². The number of carbonyl (C=O) groups is 4. The molecule has 0 atom stereocenters. The number of amides is 8. The van der Waals surface area contributed by atoms with E-state index < -0.39 is 64.2 Å². The van der Waals surface area contributed by atoms with Gasteiger partial charge in [0.2, 0.25) is 0 Å². The maximum absolute atomic E-state index is 12.9. The van der Waals surface area contributed by atoms with Gasteiger partial charge >= 0.3 is 24.1 Å². The van der Waals surface area contributed by atoms with E-state index in [0.29, 0.717) is 95.2 Å². The van der Waals surface area contributed by atoms with E-state index in [9.17, 15) is 72.0 Å². The van der Waals surface area contributed by atoms with Gasteiger partial charge in [0, 0.05) is 110 Å². The number of rotatable bonds is 18. The number of hydrogen-bond donors (Lipinski definition) is 9. The van der Waals surface area contributed by atoms with Crippen LogP contribution in [-0.4, -0.2) is 90.2 Å². The Balaban J connectivity index is 0.000000143. The number of ether oxygens (including phenoxy) is 1. The molecule has 8 heterocycles. The fourth-order valence-corrected chi connectivity index (χ4v) is 21.6. The molecule has 0 unspecified atom stereocenters. The zero-order chi connectivity index (χ0) is 89.2. The van der Waals surface area contributed by atoms with Gasteiger partial charge in [-0.2, -0.15) is 0 Å². The van der Waals surface area contributed by atoms with Gasteiger partial charge in [0.05, 0.1) is 24.5 Å². The molecule has 43 heteroatoms. The molecular formula is C82H60Cl5N13O17S8. The minimum absolute atomic E-state index is 0.0614. The number of aromatic nitrogens is 4. The third kappa shape index (κ3) is 22.1. The van der Waals surface area contributed by atoms with Crippen molar-refractivity contribution >= 4 is 239 Å². The van der Waals surface area contributed by atoms with Gasteiger partial charge in [-0.15, -0.1) is 45.3 Å². The highest BCUT2D eigenvalue weighted by molar-refractivity contribution is 7.93. The second-order valence-corrected chi connectivity index (χ2v) is 40.9. The van der Waals surface area contributed by atoms with E-state index in [1.54, 1.807) is 196 Å². The highest BCUT2D eigenvalue weighted by atomic mass is 35.5. The molecule has 9 N–H and O–H groups in total. The van der Waals surface area contributed by atoms with Crippen molar-refractivity contribution in [3.05, 3.63) is 337 Å². The van der Waals surface area contributed by atoms with Crippen LogP contribution in [0.4, 0.5) is 47.6 Å². The summed E-state index contributed by atoms with van der Waals surface area (Å²) in [4.78, 5) is 99.6. The normalized spacial score (nSPS) is 11.4. The number of urea groups is 4. The summed E-state index contributed by atoms with van der Waals surface area (Å²) in [7, 11) is -12.7. The third-order valence-corrected chi connectivity index (χ3v) is 30.2. The Hall–Kier alpha value is -12.7. The number of nitrogens with zero attached hydrogens (tertiary/aromatic N) is 4. The van der Waals surface area contributed by atoms with Gasteiger partial charge in [-0.05, 0) is 252 Å². The molecule has 0 saturated carbocycles. The number of hydrogen-bond acceptors (Lipinski definition) is 22. The molecule has 638 valence electrons. The first-order chi connectivity index (χ1) is 59.6. The van der Waals surface area contributed by atoms with Crippen molar-refractivity contribution in [3.8, 4) is 28.5 Å². The first kappa shape index (κ1) is 90.1. The Bertz CT molecular complexity index is 7400. The van der Waals surface area contributed by atoms with Gasteiger partial charge in [-0.25, -0.2) is 71.7 Å². The van der Waals surface area contributed by atoms with Gasteiger partial charge in [0.1, 0.15) is 22.6 Å². The van der Waals surface area contributed by atoms with Crippen LogP contribution < -0.4 is 72.4 Å². The molecule has 8 amide bonds. The molecule has 0 aliphatic heterocycles. The molecule has 16 aromatic rings. The lowest BCUT2D eigenvalue weighted by Crippen LogP contribution is -2.33. The fraction of sp³-hybridized carbons (Fsp3) is 0.0244. The predicted octanol–water partition coefficient (Wildman–Crippen LogP) is 17.6. The van der Waals surface area contributed by atoms with Crippen molar-refractivity contribution in [1.82, 2.24) is 37.2 Å². The minimum Gasteiger partial charge on any atom is -0.497 e. The van der Waals surface area contributed by atoms with E-state index in [1.165, 1.54) is 66.8 Å². The van der Waals surface area contributed by atoms with E-state index in [-0.39, 0.29) is 39.1 Å². The molecule has 0 aliphatic rings. The molecule has 0 radical (unpaired) electrons. The Kier molecular flexibility index (Phi) is 27.8. The molecule has 0 fully saturated rings. The Morgan fingerprint density at radius 2 is 0.576 bits per heavy atom. The highest BCUT2D eigenvalue weighted by Gasteiger charge is 2.25. The third-order valence-electron chi connectivity index (χ3n) is 17.8. The summed E-state index contributed by atoms with van der Waals surface area (Å²) in [6.45, 7) is 0. The summed E-state index contributed by atoms with van der Waals surface area (Å²) in [6.07, 6.45) is 6.64. The van der Waals surface area contributed by atoms with Crippen LogP contribution in [0.15, 0.2) is 310 Å². The molecule has 16 rings (SSSR count). The van der Waals surface area contributed by atoms with Gasteiger partial charge < -0.3 is 31.3 Å². The maximum atomic E-state index is 12.9. The number of fused-ring (bicyclic) bond motifs is 4. The minimum atomic E-state index is -4.02. The van der Waals surface area contributed by atoms with Crippen LogP contribution in [0, 0.1) is 0 Å². The predicted molar refractivity (Wildman–Crippen MR) is 494 cm³/mol. The van der Waals surface area contributed by atoms with Gasteiger partial charge in [-0.1, -0.05) is 76.2 Å². The molecule has 8 aromatic carbocycles. The van der Waals surface area contributed by atoms with E-state index in [0.717, 1.165) is 72.6 Å². The molecule has 0 saturated heterocycles. The highest BCUT2D eigenvalue weighted by Crippen LogP contribution is 2.31. The van der Waals surface area contributed by atoms with Crippen molar-refractivity contribution in [2.24, 2.45) is 0 Å². The van der Waals surface area contributed by atoms with E-state index in [1.807, 2.05) is 62.3 Å². The van der Waals surface area contributed by atoms with Crippen LogP contribution in [0.25, 0.3) is 65.8 Å². The molecular weight excluding hydrogens is 1870 g/mol. The van der Waals surface area contributed by atoms with Crippen molar-refractivity contribution in [3.63, 3.8) is 0 Å². The maximum Gasteiger partial charge on any atom is 0.333 e. The van der Waals surface area contributed by atoms with Crippen LogP contribution in [0.1, 0.15) is 0 Å². The zero-order valence-electron chi connectivity index (χ0n) is 63.9. The number of halogens is 5. The van der Waals surface area contributed by atoms with Gasteiger partial charge in [-0.3, -0.25) is 37.4 Å². The van der Waals surface area contributed by atoms with Gasteiger partial charge in [0.25, 0.3) is 62.3 Å².